The van der Waals surface area contributed by atoms with Crippen LogP contribution in [0.1, 0.15) is 12.5 Å². The van der Waals surface area contributed by atoms with Crippen LogP contribution in [0.4, 0.5) is 5.69 Å². The van der Waals surface area contributed by atoms with E-state index >= 15 is 0 Å². The molecule has 0 unspecified atom stereocenters. The largest absolute Gasteiger partial charge is 0.497 e. The minimum absolute atomic E-state index is 0.0356. The lowest BCUT2D eigenvalue weighted by Gasteiger charge is -2.19. The number of nitrogens with zero attached hydrogens (tertiary/aromatic N) is 1. The van der Waals surface area contributed by atoms with E-state index in [0.717, 1.165) is 17.0 Å². The molecular weight excluding hydrogens is 262 g/mol. The molecule has 108 valence electrons. The summed E-state index contributed by atoms with van der Waals surface area (Å²) in [5.74, 6) is 0.744. The molecule has 0 saturated carbocycles. The number of ether oxygens (including phenoxy) is 1. The standard InChI is InChI=1S/C18H19NO2/c1-3-19(16-10-12-17(21-2)13-11-16)18(20)14-9-15-7-5-4-6-8-15/h4-14H,3H2,1-2H3/b14-9+. The van der Waals surface area contributed by atoms with Crippen LogP contribution in [-0.2, 0) is 4.79 Å². The van der Waals surface area contributed by atoms with Crippen LogP contribution in [0.2, 0.25) is 0 Å². The van der Waals surface area contributed by atoms with E-state index in [4.69, 9.17) is 4.74 Å². The predicted octanol–water partition coefficient (Wildman–Crippen LogP) is 3.76. The van der Waals surface area contributed by atoms with Crippen LogP contribution in [0, 0.1) is 0 Å². The van der Waals surface area contributed by atoms with Gasteiger partial charge >= 0.3 is 0 Å². The summed E-state index contributed by atoms with van der Waals surface area (Å²) in [6.45, 7) is 2.57. The first kappa shape index (κ1) is 14.9. The van der Waals surface area contributed by atoms with Gasteiger partial charge in [0.25, 0.3) is 5.91 Å². The van der Waals surface area contributed by atoms with Crippen LogP contribution >= 0.6 is 0 Å². The van der Waals surface area contributed by atoms with Crippen molar-refractivity contribution in [1.29, 1.82) is 0 Å². The molecule has 2 aromatic carbocycles. The second kappa shape index (κ2) is 7.29. The Morgan fingerprint density at radius 3 is 2.33 bits per heavy atom. The molecule has 0 atom stereocenters. The van der Waals surface area contributed by atoms with Crippen LogP contribution in [-0.4, -0.2) is 19.6 Å². The molecule has 21 heavy (non-hydrogen) atoms. The lowest BCUT2D eigenvalue weighted by atomic mass is 10.2. The van der Waals surface area contributed by atoms with Gasteiger partial charge in [0, 0.05) is 18.3 Å². The molecule has 0 radical (unpaired) electrons. The van der Waals surface area contributed by atoms with Crippen molar-refractivity contribution in [3.05, 3.63) is 66.2 Å². The molecule has 3 heteroatoms. The van der Waals surface area contributed by atoms with Crippen molar-refractivity contribution >= 4 is 17.7 Å². The van der Waals surface area contributed by atoms with E-state index in [9.17, 15) is 4.79 Å². The second-order valence-electron chi connectivity index (χ2n) is 4.52. The maximum absolute atomic E-state index is 12.3. The van der Waals surface area contributed by atoms with Gasteiger partial charge in [-0.05, 0) is 42.8 Å². The second-order valence-corrected chi connectivity index (χ2v) is 4.52. The van der Waals surface area contributed by atoms with E-state index in [0.29, 0.717) is 6.54 Å². The van der Waals surface area contributed by atoms with Crippen molar-refractivity contribution in [2.24, 2.45) is 0 Å². The molecule has 0 aliphatic heterocycles. The minimum atomic E-state index is -0.0356. The van der Waals surface area contributed by atoms with Gasteiger partial charge < -0.3 is 9.64 Å². The van der Waals surface area contributed by atoms with Crippen LogP contribution in [0.3, 0.4) is 0 Å². The Kier molecular flexibility index (Phi) is 5.16. The highest BCUT2D eigenvalue weighted by molar-refractivity contribution is 6.03. The summed E-state index contributed by atoms with van der Waals surface area (Å²) >= 11 is 0. The van der Waals surface area contributed by atoms with Gasteiger partial charge in [0.1, 0.15) is 5.75 Å². The molecule has 0 aliphatic rings. The highest BCUT2D eigenvalue weighted by atomic mass is 16.5. The van der Waals surface area contributed by atoms with Gasteiger partial charge in [0.2, 0.25) is 0 Å². The van der Waals surface area contributed by atoms with Crippen molar-refractivity contribution in [2.75, 3.05) is 18.6 Å². The average molecular weight is 281 g/mol. The van der Waals surface area contributed by atoms with Gasteiger partial charge in [-0.1, -0.05) is 30.3 Å². The third-order valence-corrected chi connectivity index (χ3v) is 3.18. The lowest BCUT2D eigenvalue weighted by Crippen LogP contribution is -2.28. The van der Waals surface area contributed by atoms with E-state index < -0.39 is 0 Å². The fraction of sp³-hybridized carbons (Fsp3) is 0.167. The molecule has 1 amide bonds. The molecule has 0 heterocycles. The molecule has 0 N–H and O–H groups in total. The summed E-state index contributed by atoms with van der Waals surface area (Å²) < 4.78 is 5.13. The highest BCUT2D eigenvalue weighted by Crippen LogP contribution is 2.19. The van der Waals surface area contributed by atoms with E-state index in [2.05, 4.69) is 0 Å². The van der Waals surface area contributed by atoms with Gasteiger partial charge in [-0.3, -0.25) is 4.79 Å². The summed E-state index contributed by atoms with van der Waals surface area (Å²) in [5.41, 5.74) is 1.87. The zero-order valence-corrected chi connectivity index (χ0v) is 12.3. The number of rotatable bonds is 5. The summed E-state index contributed by atoms with van der Waals surface area (Å²) in [5, 5.41) is 0. The first-order valence-corrected chi connectivity index (χ1v) is 6.93. The third-order valence-electron chi connectivity index (χ3n) is 3.18. The molecule has 0 aromatic heterocycles. The quantitative estimate of drug-likeness (QED) is 0.781. The highest BCUT2D eigenvalue weighted by Gasteiger charge is 2.10. The number of amides is 1. The van der Waals surface area contributed by atoms with Gasteiger partial charge in [-0.2, -0.15) is 0 Å². The summed E-state index contributed by atoms with van der Waals surface area (Å²) in [6, 6.07) is 17.3. The number of anilines is 1. The fourth-order valence-corrected chi connectivity index (χ4v) is 2.05. The van der Waals surface area contributed by atoms with Gasteiger partial charge in [0.05, 0.1) is 7.11 Å². The Labute approximate surface area is 125 Å². The maximum atomic E-state index is 12.3. The number of hydrogen-bond donors (Lipinski definition) is 0. The number of likely N-dealkylation sites (N-methyl/N-ethyl adjacent to an activating group) is 1. The molecule has 2 rings (SSSR count). The predicted molar refractivity (Wildman–Crippen MR) is 86.5 cm³/mol. The van der Waals surface area contributed by atoms with E-state index in [1.54, 1.807) is 18.1 Å². The van der Waals surface area contributed by atoms with Gasteiger partial charge in [-0.25, -0.2) is 0 Å². The number of benzene rings is 2. The normalized spacial score (nSPS) is 10.6. The Hall–Kier alpha value is -2.55. The zero-order chi connectivity index (χ0) is 15.1. The molecule has 2 aromatic rings. The van der Waals surface area contributed by atoms with Crippen molar-refractivity contribution in [3.63, 3.8) is 0 Å². The molecule has 3 nitrogen and oxygen atoms in total. The molecular formula is C18H19NO2. The van der Waals surface area contributed by atoms with Crippen LogP contribution in [0.25, 0.3) is 6.08 Å². The minimum Gasteiger partial charge on any atom is -0.497 e. The number of carbonyl (C=O) groups is 1. The molecule has 0 bridgehead atoms. The van der Waals surface area contributed by atoms with Gasteiger partial charge in [0.15, 0.2) is 0 Å². The number of hydrogen-bond acceptors (Lipinski definition) is 2. The Morgan fingerprint density at radius 2 is 1.76 bits per heavy atom. The monoisotopic (exact) mass is 281 g/mol. The number of carbonyl (C=O) groups excluding carboxylic acids is 1. The topological polar surface area (TPSA) is 29.5 Å². The van der Waals surface area contributed by atoms with Crippen molar-refractivity contribution in [2.45, 2.75) is 6.92 Å². The Bertz CT molecular complexity index is 603. The van der Waals surface area contributed by atoms with E-state index in [1.807, 2.05) is 67.6 Å². The number of methoxy groups -OCH3 is 1. The summed E-state index contributed by atoms with van der Waals surface area (Å²) in [4.78, 5) is 14.0. The molecule has 0 spiro atoms. The first-order chi connectivity index (χ1) is 10.2. The Balaban J connectivity index is 2.12. The first-order valence-electron chi connectivity index (χ1n) is 6.93. The zero-order valence-electron chi connectivity index (χ0n) is 12.3. The Morgan fingerprint density at radius 1 is 1.10 bits per heavy atom. The summed E-state index contributed by atoms with van der Waals surface area (Å²) in [7, 11) is 1.63. The van der Waals surface area contributed by atoms with Crippen molar-refractivity contribution in [3.8, 4) is 5.75 Å². The van der Waals surface area contributed by atoms with Crippen LogP contribution in [0.5, 0.6) is 5.75 Å². The molecule has 0 aliphatic carbocycles. The van der Waals surface area contributed by atoms with Crippen LogP contribution in [0.15, 0.2) is 60.7 Å². The van der Waals surface area contributed by atoms with E-state index in [1.165, 1.54) is 0 Å². The van der Waals surface area contributed by atoms with Gasteiger partial charge in [-0.15, -0.1) is 0 Å². The third kappa shape index (κ3) is 3.96. The molecule has 0 saturated heterocycles. The van der Waals surface area contributed by atoms with Crippen molar-refractivity contribution < 1.29 is 9.53 Å². The molecule has 0 fully saturated rings. The van der Waals surface area contributed by atoms with E-state index in [-0.39, 0.29) is 5.91 Å². The van der Waals surface area contributed by atoms with Crippen molar-refractivity contribution in [1.82, 2.24) is 0 Å². The lowest BCUT2D eigenvalue weighted by molar-refractivity contribution is -0.114. The van der Waals surface area contributed by atoms with Crippen LogP contribution < -0.4 is 9.64 Å². The maximum Gasteiger partial charge on any atom is 0.250 e. The SMILES string of the molecule is CCN(C(=O)/C=C/c1ccccc1)c1ccc(OC)cc1. The smallest absolute Gasteiger partial charge is 0.250 e. The fourth-order valence-electron chi connectivity index (χ4n) is 2.05. The summed E-state index contributed by atoms with van der Waals surface area (Å²) in [6.07, 6.45) is 3.43. The average Bonchev–Trinajstić information content (AvgIpc) is 2.55.